The molecule has 1 aliphatic heterocycles. The first kappa shape index (κ1) is 19.8. The molecule has 1 aromatic carbocycles. The van der Waals surface area contributed by atoms with Gasteiger partial charge in [-0.25, -0.2) is 0 Å². The van der Waals surface area contributed by atoms with Crippen molar-refractivity contribution in [1.29, 1.82) is 10.7 Å². The second-order valence-corrected chi connectivity index (χ2v) is 7.30. The predicted molar refractivity (Wildman–Crippen MR) is 109 cm³/mol. The number of anilines is 1. The number of nitrogens with zero attached hydrogens (tertiary/aromatic N) is 4. The summed E-state index contributed by atoms with van der Waals surface area (Å²) in [5.41, 5.74) is 9.00. The molecule has 8 heteroatoms. The summed E-state index contributed by atoms with van der Waals surface area (Å²) in [4.78, 5) is 17.2. The molecule has 0 radical (unpaired) electrons. The Labute approximate surface area is 165 Å². The smallest absolute Gasteiger partial charge is 0.253 e. The van der Waals surface area contributed by atoms with Crippen molar-refractivity contribution in [1.82, 2.24) is 9.80 Å². The normalized spacial score (nSPS) is 19.1. The number of amidine groups is 1. The van der Waals surface area contributed by atoms with Gasteiger partial charge in [-0.3, -0.25) is 20.5 Å². The standard InChI is InChI=1S/C20H27N7O/c21-14-18(19(22)23)25-24-16-8-6-15(7-9-16)20(28)27-12-10-26(11-13-27)17-4-2-1-3-5-17/h6-9,17,24H,1-5,10-13H2,(H3,22,23)/b25-18+. The molecule has 3 rings (SSSR count). The molecule has 0 unspecified atom stereocenters. The van der Waals surface area contributed by atoms with Crippen molar-refractivity contribution in [3.8, 4) is 6.07 Å². The molecule has 148 valence electrons. The highest BCUT2D eigenvalue weighted by molar-refractivity contribution is 6.45. The Morgan fingerprint density at radius 3 is 2.36 bits per heavy atom. The molecule has 1 aliphatic carbocycles. The van der Waals surface area contributed by atoms with Crippen LogP contribution in [0.4, 0.5) is 5.69 Å². The van der Waals surface area contributed by atoms with Crippen LogP contribution >= 0.6 is 0 Å². The maximum Gasteiger partial charge on any atom is 0.253 e. The van der Waals surface area contributed by atoms with Gasteiger partial charge in [-0.15, -0.1) is 0 Å². The molecule has 28 heavy (non-hydrogen) atoms. The van der Waals surface area contributed by atoms with Crippen LogP contribution in [0.3, 0.4) is 0 Å². The van der Waals surface area contributed by atoms with Crippen molar-refractivity contribution in [2.45, 2.75) is 38.1 Å². The Morgan fingerprint density at radius 1 is 1.14 bits per heavy atom. The van der Waals surface area contributed by atoms with Crippen LogP contribution in [0.25, 0.3) is 0 Å². The summed E-state index contributed by atoms with van der Waals surface area (Å²) >= 11 is 0. The van der Waals surface area contributed by atoms with Crippen LogP contribution in [0.2, 0.25) is 0 Å². The molecule has 1 aromatic rings. The number of nitrogens with two attached hydrogens (primary N) is 1. The Bertz CT molecular complexity index is 767. The van der Waals surface area contributed by atoms with Crippen LogP contribution in [-0.4, -0.2) is 59.5 Å². The largest absolute Gasteiger partial charge is 0.382 e. The lowest BCUT2D eigenvalue weighted by Crippen LogP contribution is -2.52. The number of nitriles is 1. The number of nitrogens with one attached hydrogen (secondary N) is 2. The SMILES string of the molecule is N#C/C(=N\Nc1ccc(C(=O)N2CCN(C3CCCCC3)CC2)cc1)C(=N)N. The van der Waals surface area contributed by atoms with Gasteiger partial charge >= 0.3 is 0 Å². The summed E-state index contributed by atoms with van der Waals surface area (Å²) < 4.78 is 0. The van der Waals surface area contributed by atoms with E-state index in [-0.39, 0.29) is 11.6 Å². The summed E-state index contributed by atoms with van der Waals surface area (Å²) in [5.74, 6) is -0.353. The number of hydrazone groups is 1. The minimum absolute atomic E-state index is 0.0415. The molecule has 0 atom stereocenters. The van der Waals surface area contributed by atoms with E-state index in [9.17, 15) is 4.79 Å². The predicted octanol–water partition coefficient (Wildman–Crippen LogP) is 2.00. The van der Waals surface area contributed by atoms with Crippen LogP contribution in [0.15, 0.2) is 29.4 Å². The van der Waals surface area contributed by atoms with E-state index in [1.54, 1.807) is 30.3 Å². The van der Waals surface area contributed by atoms with Crippen LogP contribution in [0.5, 0.6) is 0 Å². The third kappa shape index (κ3) is 4.87. The van der Waals surface area contributed by atoms with Crippen LogP contribution in [-0.2, 0) is 0 Å². The fourth-order valence-electron chi connectivity index (χ4n) is 3.87. The van der Waals surface area contributed by atoms with Gasteiger partial charge in [-0.2, -0.15) is 10.4 Å². The molecule has 1 amide bonds. The van der Waals surface area contributed by atoms with Crippen LogP contribution < -0.4 is 11.2 Å². The quantitative estimate of drug-likeness (QED) is 0.409. The van der Waals surface area contributed by atoms with Gasteiger partial charge < -0.3 is 10.6 Å². The van der Waals surface area contributed by atoms with Gasteiger partial charge in [0.1, 0.15) is 6.07 Å². The van der Waals surface area contributed by atoms with Crippen LogP contribution in [0, 0.1) is 16.7 Å². The lowest BCUT2D eigenvalue weighted by atomic mass is 9.94. The molecule has 0 aromatic heterocycles. The van der Waals surface area contributed by atoms with E-state index in [0.717, 1.165) is 26.2 Å². The lowest BCUT2D eigenvalue weighted by Gasteiger charge is -2.40. The third-order valence-corrected chi connectivity index (χ3v) is 5.48. The molecule has 8 nitrogen and oxygen atoms in total. The Morgan fingerprint density at radius 2 is 1.79 bits per heavy atom. The fourth-order valence-corrected chi connectivity index (χ4v) is 3.87. The first-order chi connectivity index (χ1) is 13.6. The highest BCUT2D eigenvalue weighted by atomic mass is 16.2. The number of hydrogen-bond donors (Lipinski definition) is 3. The first-order valence-corrected chi connectivity index (χ1v) is 9.80. The van der Waals surface area contributed by atoms with Gasteiger partial charge in [0, 0.05) is 37.8 Å². The summed E-state index contributed by atoms with van der Waals surface area (Å²) in [6, 6.07) is 9.38. The fraction of sp³-hybridized carbons (Fsp3) is 0.500. The molecule has 0 spiro atoms. The average molecular weight is 381 g/mol. The topological polar surface area (TPSA) is 122 Å². The number of rotatable bonds is 5. The highest BCUT2D eigenvalue weighted by Gasteiger charge is 2.27. The second kappa shape index (κ2) is 9.33. The molecular formula is C20H27N7O. The highest BCUT2D eigenvalue weighted by Crippen LogP contribution is 2.24. The number of hydrogen-bond acceptors (Lipinski definition) is 6. The van der Waals surface area contributed by atoms with E-state index in [2.05, 4.69) is 15.4 Å². The summed E-state index contributed by atoms with van der Waals surface area (Å²) in [7, 11) is 0. The van der Waals surface area contributed by atoms with Crippen molar-refractivity contribution >= 4 is 23.1 Å². The van der Waals surface area contributed by atoms with Gasteiger partial charge in [-0.1, -0.05) is 19.3 Å². The number of carbonyl (C=O) groups is 1. The number of benzene rings is 1. The molecule has 1 saturated carbocycles. The Kier molecular flexibility index (Phi) is 6.61. The molecular weight excluding hydrogens is 354 g/mol. The molecule has 4 N–H and O–H groups in total. The van der Waals surface area contributed by atoms with Crippen LogP contribution in [0.1, 0.15) is 42.5 Å². The molecule has 1 heterocycles. The van der Waals surface area contributed by atoms with E-state index in [1.807, 2.05) is 4.90 Å². The molecule has 0 bridgehead atoms. The summed E-state index contributed by atoms with van der Waals surface area (Å²) in [5, 5.41) is 19.9. The Balaban J connectivity index is 1.53. The minimum atomic E-state index is -0.394. The van der Waals surface area contributed by atoms with Gasteiger partial charge in [-0.05, 0) is 37.1 Å². The van der Waals surface area contributed by atoms with Gasteiger partial charge in [0.15, 0.2) is 5.84 Å². The Hall–Kier alpha value is -2.92. The van der Waals surface area contributed by atoms with E-state index in [1.165, 1.54) is 32.1 Å². The maximum absolute atomic E-state index is 12.8. The van der Waals surface area contributed by atoms with Crippen molar-refractivity contribution in [3.63, 3.8) is 0 Å². The number of amides is 1. The van der Waals surface area contributed by atoms with Crippen molar-refractivity contribution < 1.29 is 4.79 Å². The third-order valence-electron chi connectivity index (χ3n) is 5.48. The lowest BCUT2D eigenvalue weighted by molar-refractivity contribution is 0.0523. The molecule has 2 aliphatic rings. The zero-order valence-corrected chi connectivity index (χ0v) is 16.0. The van der Waals surface area contributed by atoms with E-state index in [0.29, 0.717) is 17.3 Å². The zero-order chi connectivity index (χ0) is 19.9. The van der Waals surface area contributed by atoms with Gasteiger partial charge in [0.2, 0.25) is 5.71 Å². The van der Waals surface area contributed by atoms with Crippen molar-refractivity contribution in [2.24, 2.45) is 10.8 Å². The second-order valence-electron chi connectivity index (χ2n) is 7.30. The average Bonchev–Trinajstić information content (AvgIpc) is 2.74. The van der Waals surface area contributed by atoms with E-state index < -0.39 is 5.84 Å². The van der Waals surface area contributed by atoms with Crippen molar-refractivity contribution in [3.05, 3.63) is 29.8 Å². The van der Waals surface area contributed by atoms with E-state index in [4.69, 9.17) is 16.4 Å². The van der Waals surface area contributed by atoms with Gasteiger partial charge in [0.05, 0.1) is 5.69 Å². The minimum Gasteiger partial charge on any atom is -0.382 e. The molecule has 1 saturated heterocycles. The maximum atomic E-state index is 12.8. The monoisotopic (exact) mass is 381 g/mol. The van der Waals surface area contributed by atoms with Crippen molar-refractivity contribution in [2.75, 3.05) is 31.6 Å². The molecule has 2 fully saturated rings. The van der Waals surface area contributed by atoms with E-state index >= 15 is 0 Å². The number of piperazine rings is 1. The summed E-state index contributed by atoms with van der Waals surface area (Å²) in [6.07, 6.45) is 6.61. The van der Waals surface area contributed by atoms with Gasteiger partial charge in [0.25, 0.3) is 5.91 Å². The first-order valence-electron chi connectivity index (χ1n) is 9.80. The number of carbonyl (C=O) groups excluding carboxylic acids is 1. The zero-order valence-electron chi connectivity index (χ0n) is 16.0. The summed E-state index contributed by atoms with van der Waals surface area (Å²) in [6.45, 7) is 3.44.